The molecule has 0 saturated heterocycles. The van der Waals surface area contributed by atoms with Crippen molar-refractivity contribution in [2.75, 3.05) is 0 Å². The van der Waals surface area contributed by atoms with E-state index >= 15 is 0 Å². The van der Waals surface area contributed by atoms with Crippen molar-refractivity contribution in [2.24, 2.45) is 5.92 Å². The Morgan fingerprint density at radius 1 is 1.67 bits per heavy atom. The lowest BCUT2D eigenvalue weighted by Gasteiger charge is -2.07. The zero-order valence-electron chi connectivity index (χ0n) is 7.63. The molecule has 0 saturated carbocycles. The number of halogens is 1. The van der Waals surface area contributed by atoms with Crippen LogP contribution in [0.5, 0.6) is 0 Å². The molecule has 0 N–H and O–H groups in total. The molecule has 0 fully saturated rings. The zero-order valence-corrected chi connectivity index (χ0v) is 8.38. The molecule has 0 radical (unpaired) electrons. The van der Waals surface area contributed by atoms with Crippen LogP contribution in [-0.4, -0.2) is 9.55 Å². The van der Waals surface area contributed by atoms with Crippen LogP contribution in [0.4, 0.5) is 0 Å². The highest BCUT2D eigenvalue weighted by atomic mass is 35.5. The van der Waals surface area contributed by atoms with Crippen LogP contribution < -0.4 is 0 Å². The molecule has 68 valence electrons. The van der Waals surface area contributed by atoms with Crippen LogP contribution in [0, 0.1) is 5.92 Å². The van der Waals surface area contributed by atoms with Crippen LogP contribution >= 0.6 is 11.6 Å². The molecule has 1 atom stereocenters. The van der Waals surface area contributed by atoms with Crippen molar-refractivity contribution < 1.29 is 0 Å². The summed E-state index contributed by atoms with van der Waals surface area (Å²) in [5.74, 6) is 1.22. The maximum atomic E-state index is 5.63. The maximum Gasteiger partial charge on any atom is 0.0950 e. The normalized spacial score (nSPS) is 13.2. The van der Waals surface area contributed by atoms with Gasteiger partial charge >= 0.3 is 0 Å². The lowest BCUT2D eigenvalue weighted by molar-refractivity contribution is 0.468. The Hall–Kier alpha value is -0.500. The Morgan fingerprint density at radius 3 is 2.92 bits per heavy atom. The first-order chi connectivity index (χ1) is 5.76. The molecule has 0 aromatic carbocycles. The number of aromatic nitrogens is 2. The van der Waals surface area contributed by atoms with Crippen molar-refractivity contribution in [2.45, 2.75) is 32.7 Å². The average Bonchev–Trinajstić information content (AvgIpc) is 2.52. The first-order valence-corrected chi connectivity index (χ1v) is 4.86. The van der Waals surface area contributed by atoms with Gasteiger partial charge in [-0.15, -0.1) is 11.6 Å². The van der Waals surface area contributed by atoms with Crippen LogP contribution in [0.25, 0.3) is 0 Å². The summed E-state index contributed by atoms with van der Waals surface area (Å²) >= 11 is 5.63. The van der Waals surface area contributed by atoms with E-state index in [4.69, 9.17) is 11.6 Å². The van der Waals surface area contributed by atoms with Crippen molar-refractivity contribution in [3.05, 3.63) is 18.2 Å². The highest BCUT2D eigenvalue weighted by Crippen LogP contribution is 2.06. The van der Waals surface area contributed by atoms with E-state index in [1.54, 1.807) is 0 Å². The third-order valence-corrected chi connectivity index (χ3v) is 2.32. The fourth-order valence-electron chi connectivity index (χ4n) is 1.06. The Morgan fingerprint density at radius 2 is 2.42 bits per heavy atom. The molecule has 0 aliphatic heterocycles. The summed E-state index contributed by atoms with van der Waals surface area (Å²) < 4.78 is 2.10. The highest BCUT2D eigenvalue weighted by molar-refractivity contribution is 6.16. The number of nitrogens with zero attached hydrogens (tertiary/aromatic N) is 2. The molecule has 12 heavy (non-hydrogen) atoms. The van der Waals surface area contributed by atoms with Crippen molar-refractivity contribution in [3.8, 4) is 0 Å². The maximum absolute atomic E-state index is 5.63. The van der Waals surface area contributed by atoms with Crippen LogP contribution in [0.15, 0.2) is 12.5 Å². The molecule has 0 aliphatic rings. The number of alkyl halides is 1. The minimum absolute atomic E-state index is 0.507. The minimum atomic E-state index is 0.507. The van der Waals surface area contributed by atoms with Gasteiger partial charge in [0.05, 0.1) is 17.9 Å². The van der Waals surface area contributed by atoms with Crippen molar-refractivity contribution in [3.63, 3.8) is 0 Å². The van der Waals surface area contributed by atoms with Crippen LogP contribution in [0.3, 0.4) is 0 Å². The quantitative estimate of drug-likeness (QED) is 0.662. The Bertz CT molecular complexity index is 232. The number of rotatable bonds is 4. The van der Waals surface area contributed by atoms with Gasteiger partial charge < -0.3 is 4.57 Å². The molecule has 1 heterocycles. The van der Waals surface area contributed by atoms with E-state index in [-0.39, 0.29) is 0 Å². The molecule has 2 nitrogen and oxygen atoms in total. The van der Waals surface area contributed by atoms with E-state index in [0.29, 0.717) is 11.8 Å². The van der Waals surface area contributed by atoms with E-state index < -0.39 is 0 Å². The first-order valence-electron chi connectivity index (χ1n) is 4.32. The summed E-state index contributed by atoms with van der Waals surface area (Å²) in [6.07, 6.45) is 5.07. The van der Waals surface area contributed by atoms with Gasteiger partial charge in [-0.05, 0) is 5.92 Å². The smallest absolute Gasteiger partial charge is 0.0950 e. The topological polar surface area (TPSA) is 17.8 Å². The average molecular weight is 187 g/mol. The first kappa shape index (κ1) is 9.59. The summed E-state index contributed by atoms with van der Waals surface area (Å²) in [5, 5.41) is 0. The second-order valence-corrected chi connectivity index (χ2v) is 3.48. The van der Waals surface area contributed by atoms with Gasteiger partial charge in [-0.1, -0.05) is 20.3 Å². The third-order valence-electron chi connectivity index (χ3n) is 2.04. The molecule has 0 spiro atoms. The fourth-order valence-corrected chi connectivity index (χ4v) is 1.20. The summed E-state index contributed by atoms with van der Waals surface area (Å²) in [7, 11) is 0. The van der Waals surface area contributed by atoms with Gasteiger partial charge in [0.1, 0.15) is 0 Å². The molecule has 0 aliphatic carbocycles. The molecule has 1 unspecified atom stereocenters. The van der Waals surface area contributed by atoms with Crippen molar-refractivity contribution in [1.82, 2.24) is 9.55 Å². The van der Waals surface area contributed by atoms with E-state index in [1.807, 2.05) is 12.5 Å². The standard InChI is InChI=1S/C9H15ClN2/c1-3-8(2)5-12-6-9(4-10)11-7-12/h6-8H,3-5H2,1-2H3. The van der Waals surface area contributed by atoms with Crippen LogP contribution in [0.1, 0.15) is 26.0 Å². The van der Waals surface area contributed by atoms with Gasteiger partial charge in [0.25, 0.3) is 0 Å². The molecule has 0 amide bonds. The second kappa shape index (κ2) is 4.51. The van der Waals surface area contributed by atoms with E-state index in [0.717, 1.165) is 12.2 Å². The van der Waals surface area contributed by atoms with Gasteiger partial charge in [0.15, 0.2) is 0 Å². The van der Waals surface area contributed by atoms with E-state index in [2.05, 4.69) is 23.4 Å². The number of hydrogen-bond donors (Lipinski definition) is 0. The van der Waals surface area contributed by atoms with Gasteiger partial charge in [-0.25, -0.2) is 4.98 Å². The fraction of sp³-hybridized carbons (Fsp3) is 0.667. The lowest BCUT2D eigenvalue weighted by Crippen LogP contribution is -2.04. The SMILES string of the molecule is CCC(C)Cn1cnc(CCl)c1. The minimum Gasteiger partial charge on any atom is -0.337 e. The summed E-state index contributed by atoms with van der Waals surface area (Å²) in [5.41, 5.74) is 0.958. The molecular formula is C9H15ClN2. The Kier molecular flexibility index (Phi) is 3.60. The predicted molar refractivity (Wildman–Crippen MR) is 51.2 cm³/mol. The predicted octanol–water partition coefficient (Wildman–Crippen LogP) is 2.67. The lowest BCUT2D eigenvalue weighted by atomic mass is 10.1. The molecule has 1 aromatic rings. The molecule has 0 bridgehead atoms. The van der Waals surface area contributed by atoms with Gasteiger partial charge in [0.2, 0.25) is 0 Å². The molecule has 3 heteroatoms. The van der Waals surface area contributed by atoms with Crippen LogP contribution in [-0.2, 0) is 12.4 Å². The monoisotopic (exact) mass is 186 g/mol. The van der Waals surface area contributed by atoms with Crippen molar-refractivity contribution in [1.29, 1.82) is 0 Å². The summed E-state index contributed by atoms with van der Waals surface area (Å²) in [4.78, 5) is 4.15. The van der Waals surface area contributed by atoms with E-state index in [9.17, 15) is 0 Å². The summed E-state index contributed by atoms with van der Waals surface area (Å²) in [6.45, 7) is 5.48. The number of imidazole rings is 1. The zero-order chi connectivity index (χ0) is 8.97. The Labute approximate surface area is 78.6 Å². The highest BCUT2D eigenvalue weighted by Gasteiger charge is 2.01. The van der Waals surface area contributed by atoms with E-state index in [1.165, 1.54) is 6.42 Å². The van der Waals surface area contributed by atoms with Gasteiger partial charge in [-0.2, -0.15) is 0 Å². The van der Waals surface area contributed by atoms with Crippen molar-refractivity contribution >= 4 is 11.6 Å². The largest absolute Gasteiger partial charge is 0.337 e. The molecule has 1 rings (SSSR count). The van der Waals surface area contributed by atoms with Crippen LogP contribution in [0.2, 0.25) is 0 Å². The number of hydrogen-bond acceptors (Lipinski definition) is 1. The van der Waals surface area contributed by atoms with Gasteiger partial charge in [0, 0.05) is 12.7 Å². The molecular weight excluding hydrogens is 172 g/mol. The molecule has 1 aromatic heterocycles. The second-order valence-electron chi connectivity index (χ2n) is 3.21. The Balaban J connectivity index is 2.52. The van der Waals surface area contributed by atoms with Gasteiger partial charge in [-0.3, -0.25) is 0 Å². The summed E-state index contributed by atoms with van der Waals surface area (Å²) in [6, 6.07) is 0. The third kappa shape index (κ3) is 2.52.